The molecule has 1 unspecified atom stereocenters. The second-order valence-electron chi connectivity index (χ2n) is 2.51. The van der Waals surface area contributed by atoms with Crippen LogP contribution in [0.3, 0.4) is 0 Å². The molecule has 12 heavy (non-hydrogen) atoms. The van der Waals surface area contributed by atoms with Gasteiger partial charge in [-0.1, -0.05) is 0 Å². The highest BCUT2D eigenvalue weighted by atomic mass is 32.2. The maximum Gasteiger partial charge on any atom is 0.251 e. The van der Waals surface area contributed by atoms with Gasteiger partial charge in [0, 0.05) is 11.6 Å². The standard InChI is InChI=1S/C5H10N2O3S2/c1-12(9,10)7-5(8)4-2-11-3-6-4/h4,6H,2-3H2,1H3,(H,7,8). The zero-order valence-electron chi connectivity index (χ0n) is 6.53. The van der Waals surface area contributed by atoms with Gasteiger partial charge < -0.3 is 0 Å². The van der Waals surface area contributed by atoms with Gasteiger partial charge in [-0.15, -0.1) is 11.8 Å². The molecule has 70 valence electrons. The zero-order chi connectivity index (χ0) is 9.19. The van der Waals surface area contributed by atoms with E-state index in [9.17, 15) is 13.2 Å². The monoisotopic (exact) mass is 210 g/mol. The van der Waals surface area contributed by atoms with Crippen molar-refractivity contribution < 1.29 is 13.2 Å². The summed E-state index contributed by atoms with van der Waals surface area (Å²) in [5, 5.41) is 2.87. The highest BCUT2D eigenvalue weighted by Gasteiger charge is 2.24. The van der Waals surface area contributed by atoms with E-state index in [1.807, 2.05) is 4.72 Å². The Bertz CT molecular complexity index is 268. The first-order chi connectivity index (χ1) is 5.49. The molecule has 0 aromatic carbocycles. The lowest BCUT2D eigenvalue weighted by Gasteiger charge is -2.07. The molecule has 0 aromatic rings. The average molecular weight is 210 g/mol. The Morgan fingerprint density at radius 1 is 1.67 bits per heavy atom. The van der Waals surface area contributed by atoms with Crippen molar-refractivity contribution in [2.75, 3.05) is 17.9 Å². The van der Waals surface area contributed by atoms with Gasteiger partial charge in [0.2, 0.25) is 10.0 Å². The van der Waals surface area contributed by atoms with Crippen LogP contribution in [0.1, 0.15) is 0 Å². The largest absolute Gasteiger partial charge is 0.296 e. The van der Waals surface area contributed by atoms with Crippen molar-refractivity contribution in [1.82, 2.24) is 10.0 Å². The molecule has 0 aromatic heterocycles. The quantitative estimate of drug-likeness (QED) is 0.594. The fourth-order valence-corrected chi connectivity index (χ4v) is 2.27. The van der Waals surface area contributed by atoms with Gasteiger partial charge in [-0.25, -0.2) is 8.42 Å². The molecule has 1 aliphatic rings. The molecule has 0 saturated carbocycles. The summed E-state index contributed by atoms with van der Waals surface area (Å²) in [6.07, 6.45) is 0.965. The lowest BCUT2D eigenvalue weighted by atomic mass is 10.3. The van der Waals surface area contributed by atoms with Crippen molar-refractivity contribution in [3.05, 3.63) is 0 Å². The van der Waals surface area contributed by atoms with Crippen LogP contribution in [0, 0.1) is 0 Å². The van der Waals surface area contributed by atoms with E-state index in [0.29, 0.717) is 11.6 Å². The molecule has 1 amide bonds. The molecule has 0 bridgehead atoms. The summed E-state index contributed by atoms with van der Waals surface area (Å²) in [6.45, 7) is 0. The van der Waals surface area contributed by atoms with Gasteiger partial charge >= 0.3 is 0 Å². The highest BCUT2D eigenvalue weighted by Crippen LogP contribution is 2.09. The van der Waals surface area contributed by atoms with E-state index < -0.39 is 15.9 Å². The van der Waals surface area contributed by atoms with Gasteiger partial charge in [0.25, 0.3) is 5.91 Å². The minimum Gasteiger partial charge on any atom is -0.296 e. The molecule has 1 saturated heterocycles. The number of sulfonamides is 1. The van der Waals surface area contributed by atoms with Crippen LogP contribution in [0.25, 0.3) is 0 Å². The summed E-state index contributed by atoms with van der Waals surface area (Å²) in [5.41, 5.74) is 0. The number of nitrogens with one attached hydrogen (secondary N) is 2. The highest BCUT2D eigenvalue weighted by molar-refractivity contribution is 7.99. The van der Waals surface area contributed by atoms with Gasteiger partial charge in [0.1, 0.15) is 0 Å². The smallest absolute Gasteiger partial charge is 0.251 e. The molecular formula is C5H10N2O3S2. The number of hydrogen-bond acceptors (Lipinski definition) is 5. The molecule has 1 rings (SSSR count). The van der Waals surface area contributed by atoms with Crippen molar-refractivity contribution in [3.63, 3.8) is 0 Å². The number of carbonyl (C=O) groups excluding carboxylic acids is 1. The number of carbonyl (C=O) groups is 1. The van der Waals surface area contributed by atoms with Crippen molar-refractivity contribution >= 4 is 27.7 Å². The van der Waals surface area contributed by atoms with Crippen LogP contribution in [-0.2, 0) is 14.8 Å². The first-order valence-corrected chi connectivity index (χ1v) is 6.36. The predicted molar refractivity (Wildman–Crippen MR) is 47.2 cm³/mol. The van der Waals surface area contributed by atoms with Crippen molar-refractivity contribution in [3.8, 4) is 0 Å². The number of hydrogen-bond donors (Lipinski definition) is 2. The molecular weight excluding hydrogens is 200 g/mol. The van der Waals surface area contributed by atoms with Crippen molar-refractivity contribution in [2.45, 2.75) is 6.04 Å². The molecule has 0 radical (unpaired) electrons. The van der Waals surface area contributed by atoms with Gasteiger partial charge in [0.05, 0.1) is 12.3 Å². The van der Waals surface area contributed by atoms with Crippen molar-refractivity contribution in [2.24, 2.45) is 0 Å². The minimum atomic E-state index is -3.41. The Balaban J connectivity index is 2.48. The summed E-state index contributed by atoms with van der Waals surface area (Å²) in [7, 11) is -3.41. The third-order valence-electron chi connectivity index (χ3n) is 1.32. The topological polar surface area (TPSA) is 75.3 Å². The van der Waals surface area contributed by atoms with Gasteiger partial charge in [-0.3, -0.25) is 14.8 Å². The van der Waals surface area contributed by atoms with Gasteiger partial charge in [-0.05, 0) is 0 Å². The lowest BCUT2D eigenvalue weighted by Crippen LogP contribution is -2.44. The maximum absolute atomic E-state index is 11.1. The SMILES string of the molecule is CS(=O)(=O)NC(=O)C1CSCN1. The van der Waals surface area contributed by atoms with E-state index in [1.54, 1.807) is 11.8 Å². The number of thioether (sulfide) groups is 1. The van der Waals surface area contributed by atoms with E-state index in [-0.39, 0.29) is 6.04 Å². The molecule has 5 nitrogen and oxygen atoms in total. The minimum absolute atomic E-state index is 0.371. The summed E-state index contributed by atoms with van der Waals surface area (Å²) in [5.74, 6) is 0.853. The molecule has 2 N–H and O–H groups in total. The Morgan fingerprint density at radius 3 is 2.75 bits per heavy atom. The summed E-state index contributed by atoms with van der Waals surface area (Å²) >= 11 is 1.57. The summed E-state index contributed by atoms with van der Waals surface area (Å²) in [4.78, 5) is 11.1. The molecule has 1 atom stereocenters. The van der Waals surface area contributed by atoms with Crippen LogP contribution in [-0.4, -0.2) is 38.3 Å². The Hall–Kier alpha value is -0.270. The van der Waals surface area contributed by atoms with Gasteiger partial charge in [0.15, 0.2) is 0 Å². The van der Waals surface area contributed by atoms with E-state index in [0.717, 1.165) is 6.26 Å². The molecule has 7 heteroatoms. The van der Waals surface area contributed by atoms with Crippen LogP contribution in [0.15, 0.2) is 0 Å². The van der Waals surface area contributed by atoms with E-state index in [2.05, 4.69) is 5.32 Å². The molecule has 0 aliphatic carbocycles. The van der Waals surface area contributed by atoms with Gasteiger partial charge in [-0.2, -0.15) is 0 Å². The zero-order valence-corrected chi connectivity index (χ0v) is 8.17. The number of rotatable bonds is 2. The van der Waals surface area contributed by atoms with E-state index in [4.69, 9.17) is 0 Å². The first kappa shape index (κ1) is 9.82. The third kappa shape index (κ3) is 3.00. The summed E-state index contributed by atoms with van der Waals surface area (Å²) in [6, 6.07) is -0.371. The fraction of sp³-hybridized carbons (Fsp3) is 0.800. The van der Waals surface area contributed by atoms with Crippen LogP contribution in [0.4, 0.5) is 0 Å². The van der Waals surface area contributed by atoms with Crippen LogP contribution >= 0.6 is 11.8 Å². The third-order valence-corrected chi connectivity index (χ3v) is 2.83. The Morgan fingerprint density at radius 2 is 2.33 bits per heavy atom. The lowest BCUT2D eigenvalue weighted by molar-refractivity contribution is -0.120. The van der Waals surface area contributed by atoms with E-state index in [1.165, 1.54) is 0 Å². The molecule has 1 heterocycles. The Kier molecular flexibility index (Phi) is 2.97. The molecule has 1 aliphatic heterocycles. The van der Waals surface area contributed by atoms with Crippen molar-refractivity contribution in [1.29, 1.82) is 0 Å². The molecule has 0 spiro atoms. The second-order valence-corrected chi connectivity index (χ2v) is 5.29. The molecule has 1 fully saturated rings. The number of amides is 1. The second kappa shape index (κ2) is 3.63. The predicted octanol–water partition coefficient (Wildman–Crippen LogP) is -1.28. The maximum atomic E-state index is 11.1. The van der Waals surface area contributed by atoms with Crippen LogP contribution in [0.2, 0.25) is 0 Å². The van der Waals surface area contributed by atoms with Crippen LogP contribution < -0.4 is 10.0 Å². The Labute approximate surface area is 75.3 Å². The van der Waals surface area contributed by atoms with Crippen LogP contribution in [0.5, 0.6) is 0 Å². The fourth-order valence-electron chi connectivity index (χ4n) is 0.817. The normalized spacial score (nSPS) is 23.9. The average Bonchev–Trinajstić information content (AvgIpc) is 2.32. The summed E-state index contributed by atoms with van der Waals surface area (Å²) < 4.78 is 23.2. The van der Waals surface area contributed by atoms with E-state index >= 15 is 0 Å². The first-order valence-electron chi connectivity index (χ1n) is 3.32.